The molecule has 0 aliphatic rings. The Kier molecular flexibility index (Phi) is 8.46. The molecule has 0 atom stereocenters. The Labute approximate surface area is 95.4 Å². The van der Waals surface area contributed by atoms with Crippen LogP contribution in [0.15, 0.2) is 0 Å². The molecule has 0 aliphatic carbocycles. The molecule has 0 fully saturated rings. The maximum absolute atomic E-state index is 11.1. The van der Waals surface area contributed by atoms with Crippen LogP contribution in [0.5, 0.6) is 0 Å². The maximum atomic E-state index is 11.1. The van der Waals surface area contributed by atoms with Gasteiger partial charge in [0.15, 0.2) is 0 Å². The van der Waals surface area contributed by atoms with Gasteiger partial charge in [0.25, 0.3) is 0 Å². The minimum atomic E-state index is -0.723. The summed E-state index contributed by atoms with van der Waals surface area (Å²) < 4.78 is 5.26. The number of rotatable bonds is 7. The summed E-state index contributed by atoms with van der Waals surface area (Å²) >= 11 is 0. The van der Waals surface area contributed by atoms with Gasteiger partial charge in [-0.2, -0.15) is 0 Å². The molecule has 0 saturated heterocycles. The predicted octanol–water partition coefficient (Wildman–Crippen LogP) is -0.974. The molecule has 0 unspecified atom stereocenters. The summed E-state index contributed by atoms with van der Waals surface area (Å²) in [4.78, 5) is 22.1. The summed E-state index contributed by atoms with van der Waals surface area (Å²) in [6.45, 7) is 4.72. The zero-order valence-corrected chi connectivity index (χ0v) is 9.78. The molecule has 94 valence electrons. The van der Waals surface area contributed by atoms with Gasteiger partial charge < -0.3 is 20.5 Å². The standard InChI is InChI=1S/C10H20N2O4/c1-8(2)16-7-3-4-11-9(14)10(15)12-5-6-13/h8,13H,3-7H2,1-2H3,(H,11,14)(H,12,15). The summed E-state index contributed by atoms with van der Waals surface area (Å²) in [5.74, 6) is -1.41. The molecule has 6 heteroatoms. The van der Waals surface area contributed by atoms with E-state index in [0.29, 0.717) is 19.6 Å². The van der Waals surface area contributed by atoms with Gasteiger partial charge in [-0.05, 0) is 20.3 Å². The average Bonchev–Trinajstić information content (AvgIpc) is 2.24. The first-order valence-corrected chi connectivity index (χ1v) is 5.36. The summed E-state index contributed by atoms with van der Waals surface area (Å²) in [6, 6.07) is 0. The molecule has 0 aromatic rings. The highest BCUT2D eigenvalue weighted by molar-refractivity contribution is 6.35. The molecule has 0 aliphatic heterocycles. The number of ether oxygens (including phenoxy) is 1. The zero-order valence-electron chi connectivity index (χ0n) is 9.78. The molecule has 16 heavy (non-hydrogen) atoms. The minimum Gasteiger partial charge on any atom is -0.395 e. The van der Waals surface area contributed by atoms with Crippen LogP contribution in [0.1, 0.15) is 20.3 Å². The number of amides is 2. The lowest BCUT2D eigenvalue weighted by molar-refractivity contribution is -0.139. The van der Waals surface area contributed by atoms with E-state index in [1.165, 1.54) is 0 Å². The summed E-state index contributed by atoms with van der Waals surface area (Å²) in [5, 5.41) is 13.1. The highest BCUT2D eigenvalue weighted by Crippen LogP contribution is 1.88. The van der Waals surface area contributed by atoms with Gasteiger partial charge in [-0.15, -0.1) is 0 Å². The van der Waals surface area contributed by atoms with Crippen molar-refractivity contribution >= 4 is 11.8 Å². The van der Waals surface area contributed by atoms with Gasteiger partial charge in [0.05, 0.1) is 12.7 Å². The summed E-state index contributed by atoms with van der Waals surface area (Å²) in [7, 11) is 0. The third-order valence-corrected chi connectivity index (χ3v) is 1.66. The van der Waals surface area contributed by atoms with Crippen LogP contribution in [0.25, 0.3) is 0 Å². The second kappa shape index (κ2) is 9.11. The van der Waals surface area contributed by atoms with Crippen molar-refractivity contribution in [2.75, 3.05) is 26.3 Å². The van der Waals surface area contributed by atoms with Gasteiger partial charge in [-0.1, -0.05) is 0 Å². The van der Waals surface area contributed by atoms with Crippen LogP contribution >= 0.6 is 0 Å². The van der Waals surface area contributed by atoms with Crippen LogP contribution in [0.3, 0.4) is 0 Å². The molecule has 0 aromatic heterocycles. The molecule has 6 nitrogen and oxygen atoms in total. The van der Waals surface area contributed by atoms with E-state index in [-0.39, 0.29) is 19.3 Å². The number of aliphatic hydroxyl groups is 1. The van der Waals surface area contributed by atoms with Crippen LogP contribution in [0.4, 0.5) is 0 Å². The van der Waals surface area contributed by atoms with Gasteiger partial charge in [-0.3, -0.25) is 9.59 Å². The van der Waals surface area contributed by atoms with Crippen LogP contribution in [0, 0.1) is 0 Å². The number of hydrogen-bond donors (Lipinski definition) is 3. The normalized spacial score (nSPS) is 10.2. The lowest BCUT2D eigenvalue weighted by Gasteiger charge is -2.08. The van der Waals surface area contributed by atoms with Crippen LogP contribution < -0.4 is 10.6 Å². The van der Waals surface area contributed by atoms with Gasteiger partial charge in [0, 0.05) is 19.7 Å². The molecular formula is C10H20N2O4. The van der Waals surface area contributed by atoms with Crippen molar-refractivity contribution in [3.05, 3.63) is 0 Å². The maximum Gasteiger partial charge on any atom is 0.309 e. The second-order valence-corrected chi connectivity index (χ2v) is 3.51. The highest BCUT2D eigenvalue weighted by atomic mass is 16.5. The molecule has 0 spiro atoms. The Hall–Kier alpha value is -1.14. The fourth-order valence-electron chi connectivity index (χ4n) is 0.923. The number of nitrogens with one attached hydrogen (secondary N) is 2. The molecule has 0 rings (SSSR count). The Bertz CT molecular complexity index is 219. The molecule has 0 heterocycles. The second-order valence-electron chi connectivity index (χ2n) is 3.51. The molecule has 2 amide bonds. The van der Waals surface area contributed by atoms with E-state index in [2.05, 4.69) is 10.6 Å². The van der Waals surface area contributed by atoms with Gasteiger partial charge in [0.2, 0.25) is 0 Å². The van der Waals surface area contributed by atoms with Gasteiger partial charge in [0.1, 0.15) is 0 Å². The van der Waals surface area contributed by atoms with Crippen LogP contribution in [-0.4, -0.2) is 49.3 Å². The van der Waals surface area contributed by atoms with Crippen LogP contribution in [0.2, 0.25) is 0 Å². The van der Waals surface area contributed by atoms with Crippen molar-refractivity contribution in [2.24, 2.45) is 0 Å². The Morgan fingerprint density at radius 1 is 1.19 bits per heavy atom. The van der Waals surface area contributed by atoms with Crippen molar-refractivity contribution in [1.82, 2.24) is 10.6 Å². The number of hydrogen-bond acceptors (Lipinski definition) is 4. The quantitative estimate of drug-likeness (QED) is 0.389. The van der Waals surface area contributed by atoms with Crippen molar-refractivity contribution in [3.63, 3.8) is 0 Å². The molecule has 3 N–H and O–H groups in total. The molecule has 0 aromatic carbocycles. The van der Waals surface area contributed by atoms with E-state index in [1.807, 2.05) is 13.8 Å². The first-order chi connectivity index (χ1) is 7.57. The van der Waals surface area contributed by atoms with Gasteiger partial charge in [-0.25, -0.2) is 0 Å². The molecule has 0 radical (unpaired) electrons. The number of carbonyl (C=O) groups is 2. The Balaban J connectivity index is 3.46. The average molecular weight is 232 g/mol. The number of carbonyl (C=O) groups excluding carboxylic acids is 2. The van der Waals surface area contributed by atoms with E-state index in [1.54, 1.807) is 0 Å². The van der Waals surface area contributed by atoms with Gasteiger partial charge >= 0.3 is 11.8 Å². The number of aliphatic hydroxyl groups excluding tert-OH is 1. The van der Waals surface area contributed by atoms with E-state index in [9.17, 15) is 9.59 Å². The monoisotopic (exact) mass is 232 g/mol. The van der Waals surface area contributed by atoms with Crippen molar-refractivity contribution in [1.29, 1.82) is 0 Å². The van der Waals surface area contributed by atoms with E-state index < -0.39 is 11.8 Å². The smallest absolute Gasteiger partial charge is 0.309 e. The molecule has 0 saturated carbocycles. The Morgan fingerprint density at radius 3 is 2.25 bits per heavy atom. The largest absolute Gasteiger partial charge is 0.395 e. The predicted molar refractivity (Wildman–Crippen MR) is 58.8 cm³/mol. The van der Waals surface area contributed by atoms with Crippen molar-refractivity contribution < 1.29 is 19.4 Å². The Morgan fingerprint density at radius 2 is 1.75 bits per heavy atom. The highest BCUT2D eigenvalue weighted by Gasteiger charge is 2.10. The molecule has 0 bridgehead atoms. The first-order valence-electron chi connectivity index (χ1n) is 5.36. The molecular weight excluding hydrogens is 212 g/mol. The SMILES string of the molecule is CC(C)OCCCNC(=O)C(=O)NCCO. The first kappa shape index (κ1) is 14.9. The summed E-state index contributed by atoms with van der Waals surface area (Å²) in [5.41, 5.74) is 0. The fraction of sp³-hybridized carbons (Fsp3) is 0.800. The van der Waals surface area contributed by atoms with Crippen LogP contribution in [-0.2, 0) is 14.3 Å². The van der Waals surface area contributed by atoms with Crippen molar-refractivity contribution in [3.8, 4) is 0 Å². The third-order valence-electron chi connectivity index (χ3n) is 1.66. The fourth-order valence-corrected chi connectivity index (χ4v) is 0.923. The lowest BCUT2D eigenvalue weighted by atomic mass is 10.4. The zero-order chi connectivity index (χ0) is 12.4. The van der Waals surface area contributed by atoms with E-state index >= 15 is 0 Å². The van der Waals surface area contributed by atoms with Crippen molar-refractivity contribution in [2.45, 2.75) is 26.4 Å². The topological polar surface area (TPSA) is 87.7 Å². The van der Waals surface area contributed by atoms with E-state index in [4.69, 9.17) is 9.84 Å². The summed E-state index contributed by atoms with van der Waals surface area (Å²) in [6.07, 6.45) is 0.834. The van der Waals surface area contributed by atoms with E-state index in [0.717, 1.165) is 0 Å². The lowest BCUT2D eigenvalue weighted by Crippen LogP contribution is -2.41. The third kappa shape index (κ3) is 8.19. The minimum absolute atomic E-state index is 0.0860.